The second kappa shape index (κ2) is 4.01. The molecule has 1 fully saturated rings. The van der Waals surface area contributed by atoms with Crippen LogP contribution in [0, 0.1) is 32.1 Å². The summed E-state index contributed by atoms with van der Waals surface area (Å²) in [6.07, 6.45) is 3.39. The number of nitrogens with one attached hydrogen (secondary N) is 1. The summed E-state index contributed by atoms with van der Waals surface area (Å²) in [6.45, 7) is 10.6. The number of hydrogen-bond donors (Lipinski definition) is 1. The Morgan fingerprint density at radius 3 is 2.29 bits per heavy atom. The maximum absolute atomic E-state index is 12.6. The molecule has 1 aliphatic rings. The van der Waals surface area contributed by atoms with Gasteiger partial charge in [0, 0.05) is 11.6 Å². The number of ketones is 1. The van der Waals surface area contributed by atoms with Crippen LogP contribution in [0.4, 0.5) is 0 Å². The van der Waals surface area contributed by atoms with Gasteiger partial charge in [0.1, 0.15) is 0 Å². The summed E-state index contributed by atoms with van der Waals surface area (Å²) < 4.78 is 0. The highest BCUT2D eigenvalue weighted by atomic mass is 16.1. The Morgan fingerprint density at radius 1 is 1.24 bits per heavy atom. The molecule has 0 radical (unpaired) electrons. The minimum atomic E-state index is 0.163. The van der Waals surface area contributed by atoms with E-state index in [1.54, 1.807) is 0 Å². The maximum Gasteiger partial charge on any atom is 0.182 e. The number of rotatable bonds is 2. The predicted molar refractivity (Wildman–Crippen MR) is 70.5 cm³/mol. The molecule has 2 nitrogen and oxygen atoms in total. The molecule has 0 aliphatic heterocycles. The van der Waals surface area contributed by atoms with Crippen LogP contribution >= 0.6 is 0 Å². The number of aromatic nitrogens is 1. The number of hydrogen-bond acceptors (Lipinski definition) is 1. The largest absolute Gasteiger partial charge is 0.356 e. The van der Waals surface area contributed by atoms with Gasteiger partial charge in [-0.05, 0) is 50.2 Å². The second-order valence-electron chi connectivity index (χ2n) is 6.17. The molecule has 2 rings (SSSR count). The van der Waals surface area contributed by atoms with Gasteiger partial charge < -0.3 is 4.98 Å². The Kier molecular flexibility index (Phi) is 2.92. The van der Waals surface area contributed by atoms with Crippen LogP contribution in [0.3, 0.4) is 0 Å². The molecular weight excluding hydrogens is 210 g/mol. The van der Waals surface area contributed by atoms with Gasteiger partial charge in [-0.25, -0.2) is 0 Å². The highest BCUT2D eigenvalue weighted by Crippen LogP contribution is 2.44. The monoisotopic (exact) mass is 233 g/mol. The molecule has 2 heteroatoms. The molecule has 1 saturated carbocycles. The zero-order chi connectivity index (χ0) is 12.8. The van der Waals surface area contributed by atoms with Crippen LogP contribution < -0.4 is 0 Å². The Hall–Kier alpha value is -1.05. The molecule has 0 spiro atoms. The summed E-state index contributed by atoms with van der Waals surface area (Å²) in [5.41, 5.74) is 4.50. The summed E-state index contributed by atoms with van der Waals surface area (Å²) in [5.74, 6) is 0.514. The lowest BCUT2D eigenvalue weighted by atomic mass is 9.78. The van der Waals surface area contributed by atoms with Crippen LogP contribution in [-0.4, -0.2) is 10.8 Å². The van der Waals surface area contributed by atoms with E-state index in [0.29, 0.717) is 5.78 Å². The Labute approximate surface area is 104 Å². The summed E-state index contributed by atoms with van der Waals surface area (Å²) in [5, 5.41) is 0. The van der Waals surface area contributed by atoms with Crippen LogP contribution in [0.1, 0.15) is 60.4 Å². The molecule has 1 aromatic heterocycles. The number of carbonyl (C=O) groups is 1. The van der Waals surface area contributed by atoms with Gasteiger partial charge in [-0.1, -0.05) is 20.3 Å². The van der Waals surface area contributed by atoms with E-state index in [4.69, 9.17) is 0 Å². The fourth-order valence-electron chi connectivity index (χ4n) is 3.08. The zero-order valence-corrected chi connectivity index (χ0v) is 11.6. The minimum Gasteiger partial charge on any atom is -0.356 e. The standard InChI is InChI=1S/C15H23NO/c1-9-10(2)13(16-11(9)3)14(17)12-7-6-8-15(12,4)5/h12,16H,6-8H2,1-5H3. The normalized spacial score (nSPS) is 23.0. The molecule has 94 valence electrons. The third kappa shape index (κ3) is 1.94. The lowest BCUT2D eigenvalue weighted by Gasteiger charge is -2.25. The lowest BCUT2D eigenvalue weighted by Crippen LogP contribution is -2.26. The van der Waals surface area contributed by atoms with Gasteiger partial charge in [-0.15, -0.1) is 0 Å². The Balaban J connectivity index is 2.35. The van der Waals surface area contributed by atoms with E-state index in [0.717, 1.165) is 23.4 Å². The first-order valence-corrected chi connectivity index (χ1v) is 6.54. The molecule has 1 N–H and O–H groups in total. The van der Waals surface area contributed by atoms with Crippen LogP contribution in [0.15, 0.2) is 0 Å². The van der Waals surface area contributed by atoms with E-state index in [-0.39, 0.29) is 11.3 Å². The van der Waals surface area contributed by atoms with Crippen molar-refractivity contribution in [3.63, 3.8) is 0 Å². The first-order valence-electron chi connectivity index (χ1n) is 6.54. The van der Waals surface area contributed by atoms with Gasteiger partial charge in [0.15, 0.2) is 5.78 Å². The third-order valence-corrected chi connectivity index (χ3v) is 4.63. The fourth-order valence-corrected chi connectivity index (χ4v) is 3.08. The zero-order valence-electron chi connectivity index (χ0n) is 11.6. The Bertz CT molecular complexity index is 454. The highest BCUT2D eigenvalue weighted by molar-refractivity contribution is 5.98. The van der Waals surface area contributed by atoms with E-state index in [1.165, 1.54) is 18.4 Å². The molecule has 0 bridgehead atoms. The highest BCUT2D eigenvalue weighted by Gasteiger charge is 2.40. The van der Waals surface area contributed by atoms with Crippen LogP contribution in [0.25, 0.3) is 0 Å². The van der Waals surface area contributed by atoms with Crippen molar-refractivity contribution in [1.29, 1.82) is 0 Å². The van der Waals surface area contributed by atoms with Gasteiger partial charge in [0.05, 0.1) is 5.69 Å². The van der Waals surface area contributed by atoms with E-state index < -0.39 is 0 Å². The molecule has 0 saturated heterocycles. The van der Waals surface area contributed by atoms with Crippen molar-refractivity contribution in [3.05, 3.63) is 22.5 Å². The van der Waals surface area contributed by atoms with Gasteiger partial charge >= 0.3 is 0 Å². The molecule has 1 aromatic rings. The summed E-state index contributed by atoms with van der Waals surface area (Å²) in [7, 11) is 0. The van der Waals surface area contributed by atoms with Crippen molar-refractivity contribution in [2.75, 3.05) is 0 Å². The van der Waals surface area contributed by atoms with Gasteiger partial charge in [-0.2, -0.15) is 0 Å². The third-order valence-electron chi connectivity index (χ3n) is 4.63. The minimum absolute atomic E-state index is 0.163. The molecule has 0 aromatic carbocycles. The van der Waals surface area contributed by atoms with Gasteiger partial charge in [0.2, 0.25) is 0 Å². The summed E-state index contributed by atoms with van der Waals surface area (Å²) in [6, 6.07) is 0. The molecule has 17 heavy (non-hydrogen) atoms. The fraction of sp³-hybridized carbons (Fsp3) is 0.667. The van der Waals surface area contributed by atoms with E-state index in [1.807, 2.05) is 13.8 Å². The molecule has 1 unspecified atom stereocenters. The smallest absolute Gasteiger partial charge is 0.182 e. The summed E-state index contributed by atoms with van der Waals surface area (Å²) in [4.78, 5) is 15.9. The van der Waals surface area contributed by atoms with Crippen molar-refractivity contribution < 1.29 is 4.79 Å². The topological polar surface area (TPSA) is 32.9 Å². The molecular formula is C15H23NO. The first-order chi connectivity index (χ1) is 7.84. The Morgan fingerprint density at radius 2 is 1.88 bits per heavy atom. The number of H-pyrrole nitrogens is 1. The average Bonchev–Trinajstić information content (AvgIpc) is 2.72. The van der Waals surface area contributed by atoms with E-state index >= 15 is 0 Å². The average molecular weight is 233 g/mol. The van der Waals surface area contributed by atoms with E-state index in [9.17, 15) is 4.79 Å². The second-order valence-corrected chi connectivity index (χ2v) is 6.17. The van der Waals surface area contributed by atoms with Crippen molar-refractivity contribution >= 4 is 5.78 Å². The lowest BCUT2D eigenvalue weighted by molar-refractivity contribution is 0.0833. The van der Waals surface area contributed by atoms with Crippen molar-refractivity contribution in [2.45, 2.75) is 53.9 Å². The van der Waals surface area contributed by atoms with Crippen molar-refractivity contribution in [1.82, 2.24) is 4.98 Å². The molecule has 1 heterocycles. The van der Waals surface area contributed by atoms with Crippen molar-refractivity contribution in [3.8, 4) is 0 Å². The molecule has 0 amide bonds. The van der Waals surface area contributed by atoms with Crippen molar-refractivity contribution in [2.24, 2.45) is 11.3 Å². The SMILES string of the molecule is Cc1[nH]c(C(=O)C2CCCC2(C)C)c(C)c1C. The number of aryl methyl sites for hydroxylation is 1. The first kappa shape index (κ1) is 12.4. The number of carbonyl (C=O) groups excluding carboxylic acids is 1. The molecule has 1 aliphatic carbocycles. The summed E-state index contributed by atoms with van der Waals surface area (Å²) >= 11 is 0. The number of Topliss-reactive ketones (excluding diaryl/α,β-unsaturated/α-hetero) is 1. The predicted octanol–water partition coefficient (Wildman–Crippen LogP) is 3.95. The quantitative estimate of drug-likeness (QED) is 0.771. The van der Waals surface area contributed by atoms with Gasteiger partial charge in [0.25, 0.3) is 0 Å². The van der Waals surface area contributed by atoms with Crippen LogP contribution in [0.5, 0.6) is 0 Å². The number of aromatic amines is 1. The van der Waals surface area contributed by atoms with Crippen LogP contribution in [0.2, 0.25) is 0 Å². The van der Waals surface area contributed by atoms with Crippen LogP contribution in [-0.2, 0) is 0 Å². The maximum atomic E-state index is 12.6. The van der Waals surface area contributed by atoms with E-state index in [2.05, 4.69) is 25.8 Å². The van der Waals surface area contributed by atoms with Gasteiger partial charge in [-0.3, -0.25) is 4.79 Å². The molecule has 1 atom stereocenters.